The molecule has 497 valence electrons. The first-order valence-corrected chi connectivity index (χ1v) is 34.7. The zero-order valence-electron chi connectivity index (χ0n) is 57.0. The van der Waals surface area contributed by atoms with Crippen molar-refractivity contribution in [2.45, 2.75) is 77.8 Å². The minimum absolute atomic E-state index is 0.481. The number of aliphatic hydroxyl groups is 1. The fraction of sp³-hybridized carbons (Fsp3) is 0.145. The SMILES string of the molecule is Brc1ccc2oc3cnccc3c2c1.CC(C)(O)C(C)(C)O[B]c1cc(B2OC(C)(C)C(C)(C)O2)cc(-n2c3ccccc3n3c4ccccc4nc23)c1.c1ccc2c(c1)nc1n(-c3cc(-c4ccc5oc6cnccc6c5c4)cc(-c4ccc5oc6cnccc6c5c4)c3)c3ccccc3n21. The number of hydrogen-bond acceptors (Lipinski definition) is 12. The van der Waals surface area contributed by atoms with Crippen LogP contribution in [0.5, 0.6) is 0 Å². The van der Waals surface area contributed by atoms with Crippen LogP contribution in [0.1, 0.15) is 55.4 Å². The van der Waals surface area contributed by atoms with Gasteiger partial charge in [0.05, 0.1) is 90.8 Å². The summed E-state index contributed by atoms with van der Waals surface area (Å²) in [6.45, 7) is 15.5. The molecule has 1 fully saturated rings. The van der Waals surface area contributed by atoms with E-state index in [2.05, 4.69) is 210 Å². The third-order valence-electron chi connectivity index (χ3n) is 20.5. The van der Waals surface area contributed by atoms with Gasteiger partial charge in [0.1, 0.15) is 16.7 Å². The van der Waals surface area contributed by atoms with Gasteiger partial charge in [-0.3, -0.25) is 32.9 Å². The van der Waals surface area contributed by atoms with Crippen molar-refractivity contribution in [1.82, 2.24) is 42.9 Å². The molecule has 1 radical (unpaired) electrons. The maximum Gasteiger partial charge on any atom is 0.494 e. The van der Waals surface area contributed by atoms with Crippen LogP contribution < -0.4 is 10.9 Å². The van der Waals surface area contributed by atoms with E-state index in [1.165, 1.54) is 0 Å². The van der Waals surface area contributed by atoms with Gasteiger partial charge in [-0.05, 0) is 223 Å². The summed E-state index contributed by atoms with van der Waals surface area (Å²) in [6.07, 6.45) is 10.7. The number of para-hydroxylation sites is 8. The van der Waals surface area contributed by atoms with Crippen LogP contribution in [0.2, 0.25) is 0 Å². The maximum atomic E-state index is 10.7. The summed E-state index contributed by atoms with van der Waals surface area (Å²) in [5.41, 5.74) is 18.4. The highest BCUT2D eigenvalue weighted by molar-refractivity contribution is 9.10. The molecule has 11 heterocycles. The number of aromatic nitrogens is 9. The molecule has 0 saturated carbocycles. The molecule has 9 aromatic carbocycles. The minimum atomic E-state index is -1.05. The third-order valence-corrected chi connectivity index (χ3v) is 21.0. The fourth-order valence-electron chi connectivity index (χ4n) is 13.8. The molecule has 1 saturated heterocycles. The Morgan fingerprint density at radius 3 is 1.32 bits per heavy atom. The Balaban J connectivity index is 0.000000124. The first-order chi connectivity index (χ1) is 49.3. The summed E-state index contributed by atoms with van der Waals surface area (Å²) in [5, 5.41) is 17.1. The lowest BCUT2D eigenvalue weighted by molar-refractivity contribution is -0.0893. The van der Waals surface area contributed by atoms with Crippen LogP contribution in [0.3, 0.4) is 0 Å². The summed E-state index contributed by atoms with van der Waals surface area (Å²) >= 11 is 3.45. The molecule has 19 heteroatoms. The molecule has 20 rings (SSSR count). The Labute approximate surface area is 593 Å². The quantitative estimate of drug-likeness (QED) is 0.136. The van der Waals surface area contributed by atoms with Crippen LogP contribution >= 0.6 is 15.9 Å². The van der Waals surface area contributed by atoms with Gasteiger partial charge in [-0.1, -0.05) is 88.1 Å². The molecular weight excluding hydrogens is 1340 g/mol. The number of furan rings is 3. The highest BCUT2D eigenvalue weighted by Crippen LogP contribution is 2.41. The molecule has 10 aromatic heterocycles. The number of halogens is 1. The van der Waals surface area contributed by atoms with E-state index in [9.17, 15) is 5.11 Å². The number of pyridine rings is 3. The molecular formula is C83H65B2BrN9O7. The van der Waals surface area contributed by atoms with E-state index < -0.39 is 29.5 Å². The number of imidazole rings is 4. The first-order valence-electron chi connectivity index (χ1n) is 33.9. The number of rotatable bonds is 9. The van der Waals surface area contributed by atoms with Crippen molar-refractivity contribution in [2.75, 3.05) is 0 Å². The zero-order chi connectivity index (χ0) is 69.6. The van der Waals surface area contributed by atoms with E-state index in [1.54, 1.807) is 46.1 Å². The normalized spacial score (nSPS) is 14.1. The predicted octanol–water partition coefficient (Wildman–Crippen LogP) is 18.6. The van der Waals surface area contributed by atoms with Crippen LogP contribution in [0.25, 0.3) is 155 Å². The predicted molar refractivity (Wildman–Crippen MR) is 412 cm³/mol. The molecule has 0 unspecified atom stereocenters. The lowest BCUT2D eigenvalue weighted by Crippen LogP contribution is -2.49. The van der Waals surface area contributed by atoms with Crippen LogP contribution in [0.4, 0.5) is 0 Å². The van der Waals surface area contributed by atoms with E-state index in [1.807, 2.05) is 99.0 Å². The van der Waals surface area contributed by atoms with Crippen LogP contribution in [0.15, 0.2) is 261 Å². The second-order valence-corrected chi connectivity index (χ2v) is 29.0. The Kier molecular flexibility index (Phi) is 14.7. The van der Waals surface area contributed by atoms with Crippen molar-refractivity contribution in [2.24, 2.45) is 0 Å². The lowest BCUT2D eigenvalue weighted by atomic mass is 9.74. The van der Waals surface area contributed by atoms with Crippen LogP contribution in [-0.4, -0.2) is 85.0 Å². The summed E-state index contributed by atoms with van der Waals surface area (Å²) in [4.78, 5) is 22.7. The van der Waals surface area contributed by atoms with E-state index in [4.69, 9.17) is 37.2 Å². The monoisotopic (exact) mass is 1400 g/mol. The van der Waals surface area contributed by atoms with Crippen LogP contribution in [0, 0.1) is 0 Å². The number of fused-ring (bicyclic) bond motifs is 19. The smallest absolute Gasteiger partial charge is 0.454 e. The maximum absolute atomic E-state index is 10.7. The third kappa shape index (κ3) is 10.5. The molecule has 1 N–H and O–H groups in total. The molecule has 16 nitrogen and oxygen atoms in total. The molecule has 0 amide bonds. The van der Waals surface area contributed by atoms with E-state index in [-0.39, 0.29) is 0 Å². The van der Waals surface area contributed by atoms with Crippen LogP contribution in [-0.2, 0) is 14.0 Å². The highest BCUT2D eigenvalue weighted by atomic mass is 79.9. The molecule has 19 aromatic rings. The Hall–Kier alpha value is -11.2. The summed E-state index contributed by atoms with van der Waals surface area (Å²) in [6, 6.07) is 71.1. The van der Waals surface area contributed by atoms with Gasteiger partial charge in [-0.2, -0.15) is 0 Å². The van der Waals surface area contributed by atoms with E-state index in [0.29, 0.717) is 0 Å². The van der Waals surface area contributed by atoms with Crippen molar-refractivity contribution in [1.29, 1.82) is 0 Å². The molecule has 0 aliphatic carbocycles. The molecule has 1 aliphatic rings. The standard InChI is InChI=1S/C41H23N5O2.C31H36B2N3O4.C11H6BrNO/c1-2-6-34-33(5-1)44-41-45(35-7-3-4-8-36(35)46(34)41)28-18-26(24-9-11-37-31(20-24)29-13-15-42-22-39(29)47-37)17-27(19-28)25-10-12-38-32(21-25)30-14-16-43-23-40(30)48-38;1-28(2,37)29(3,4)38-32-20-17-21(33-39-30(5,6)31(7,8)40-33)19-22(18-20)35-25-15-11-12-16-26(25)36-24-14-10-9-13-23(24)34-27(35)36;12-7-1-2-10-9(5-7)8-3-4-13-6-11(8)14-10/h1-23H;9-19,37H,1-8H3;1-6H. The van der Waals surface area contributed by atoms with Gasteiger partial charge in [0.25, 0.3) is 0 Å². The fourth-order valence-corrected chi connectivity index (χ4v) is 14.2. The van der Waals surface area contributed by atoms with Gasteiger partial charge in [-0.25, -0.2) is 9.97 Å². The van der Waals surface area contributed by atoms with Gasteiger partial charge >= 0.3 is 14.6 Å². The Bertz CT molecular complexity index is 6420. The van der Waals surface area contributed by atoms with Gasteiger partial charge in [0.15, 0.2) is 16.7 Å². The van der Waals surface area contributed by atoms with Crippen molar-refractivity contribution in [3.63, 3.8) is 0 Å². The Morgan fingerprint density at radius 1 is 0.431 bits per heavy atom. The summed E-state index contributed by atoms with van der Waals surface area (Å²) in [7, 11) is 1.15. The first kappa shape index (κ1) is 63.0. The number of benzene rings is 9. The van der Waals surface area contributed by atoms with Crippen molar-refractivity contribution in [3.05, 3.63) is 248 Å². The molecule has 1 aliphatic heterocycles. The van der Waals surface area contributed by atoms with Gasteiger partial charge in [0.2, 0.25) is 11.6 Å². The number of nitrogens with zero attached hydrogens (tertiary/aromatic N) is 9. The van der Waals surface area contributed by atoms with Crippen molar-refractivity contribution < 1.29 is 32.3 Å². The molecule has 102 heavy (non-hydrogen) atoms. The Morgan fingerprint density at radius 2 is 0.853 bits per heavy atom. The van der Waals surface area contributed by atoms with Crippen molar-refractivity contribution in [3.8, 4) is 33.6 Å². The van der Waals surface area contributed by atoms with Gasteiger partial charge < -0.3 is 32.3 Å². The van der Waals surface area contributed by atoms with E-state index in [0.717, 1.165) is 171 Å². The average molecular weight is 1400 g/mol. The second-order valence-electron chi connectivity index (χ2n) is 28.1. The molecule has 0 spiro atoms. The van der Waals surface area contributed by atoms with Gasteiger partial charge in [-0.15, -0.1) is 0 Å². The number of hydrogen-bond donors (Lipinski definition) is 1. The lowest BCUT2D eigenvalue weighted by Gasteiger charge is -2.37. The van der Waals surface area contributed by atoms with E-state index >= 15 is 0 Å². The molecule has 0 bridgehead atoms. The second kappa shape index (κ2) is 23.7. The topological polar surface area (TPSA) is 170 Å². The summed E-state index contributed by atoms with van der Waals surface area (Å²) < 4.78 is 46.9. The zero-order valence-corrected chi connectivity index (χ0v) is 58.6. The highest BCUT2D eigenvalue weighted by Gasteiger charge is 2.52. The van der Waals surface area contributed by atoms with Crippen molar-refractivity contribution >= 4 is 163 Å². The molecule has 0 atom stereocenters. The minimum Gasteiger partial charge on any atom is -0.454 e. The van der Waals surface area contributed by atoms with Gasteiger partial charge in [0, 0.05) is 61.1 Å². The average Bonchev–Trinajstić information content (AvgIpc) is 1.57. The largest absolute Gasteiger partial charge is 0.494 e. The summed E-state index contributed by atoms with van der Waals surface area (Å²) in [5.74, 6) is 1.69.